The molecule has 2 saturated heterocycles. The fraction of sp³-hybridized carbons (Fsp3) is 0.619. The SMILES string of the molecule is Cc1c(C#N)c(NC(=O)CSc2nnc([C@@H]3CCS(=O)(=O)C3)n2C)n(C[C@@H]2CCCO2)c1C. The average Bonchev–Trinajstić information content (AvgIpc) is 3.53. The molecule has 1 N–H and O–H groups in total. The van der Waals surface area contributed by atoms with E-state index in [1.54, 1.807) is 11.6 Å². The first-order valence-electron chi connectivity index (χ1n) is 10.9. The van der Waals surface area contributed by atoms with Crippen LogP contribution in [0.15, 0.2) is 5.16 Å². The summed E-state index contributed by atoms with van der Waals surface area (Å²) in [5.74, 6) is 1.05. The number of hydrogen-bond acceptors (Lipinski definition) is 8. The van der Waals surface area contributed by atoms with Crippen LogP contribution in [0.25, 0.3) is 0 Å². The van der Waals surface area contributed by atoms with Gasteiger partial charge in [-0.1, -0.05) is 11.8 Å². The molecule has 0 saturated carbocycles. The molecule has 2 aliphatic rings. The molecule has 178 valence electrons. The molecule has 2 aromatic heterocycles. The summed E-state index contributed by atoms with van der Waals surface area (Å²) in [7, 11) is -1.24. The van der Waals surface area contributed by atoms with E-state index in [1.165, 1.54) is 11.8 Å². The number of anilines is 1. The van der Waals surface area contributed by atoms with E-state index in [0.29, 0.717) is 35.3 Å². The Hall–Kier alpha value is -2.36. The number of carbonyl (C=O) groups is 1. The Morgan fingerprint density at radius 1 is 1.33 bits per heavy atom. The maximum Gasteiger partial charge on any atom is 0.235 e. The second-order valence-corrected chi connectivity index (χ2v) is 11.8. The van der Waals surface area contributed by atoms with Crippen LogP contribution in [0.2, 0.25) is 0 Å². The minimum absolute atomic E-state index is 0.0727. The molecule has 2 aliphatic heterocycles. The largest absolute Gasteiger partial charge is 0.376 e. The van der Waals surface area contributed by atoms with Crippen LogP contribution >= 0.6 is 11.8 Å². The van der Waals surface area contributed by atoms with Gasteiger partial charge in [0.05, 0.1) is 35.5 Å². The van der Waals surface area contributed by atoms with Crippen molar-refractivity contribution in [3.8, 4) is 6.07 Å². The zero-order chi connectivity index (χ0) is 23.8. The molecule has 10 nitrogen and oxygen atoms in total. The zero-order valence-corrected chi connectivity index (χ0v) is 20.6. The molecule has 4 rings (SSSR count). The van der Waals surface area contributed by atoms with Crippen LogP contribution in [0.1, 0.15) is 47.8 Å². The molecule has 0 aromatic carbocycles. The topological polar surface area (TPSA) is 132 Å². The van der Waals surface area contributed by atoms with Gasteiger partial charge in [-0.05, 0) is 38.7 Å². The van der Waals surface area contributed by atoms with Crippen molar-refractivity contribution < 1.29 is 17.9 Å². The monoisotopic (exact) mass is 492 g/mol. The number of sulfone groups is 1. The third-order valence-electron chi connectivity index (χ3n) is 6.41. The van der Waals surface area contributed by atoms with Crippen molar-refractivity contribution >= 4 is 33.3 Å². The van der Waals surface area contributed by atoms with Crippen LogP contribution < -0.4 is 5.32 Å². The number of aromatic nitrogens is 4. The zero-order valence-electron chi connectivity index (χ0n) is 19.0. The Labute approximate surface area is 197 Å². The van der Waals surface area contributed by atoms with Crippen molar-refractivity contribution in [3.05, 3.63) is 22.6 Å². The molecule has 12 heteroatoms. The van der Waals surface area contributed by atoms with Gasteiger partial charge in [-0.25, -0.2) is 8.42 Å². The number of rotatable bonds is 7. The fourth-order valence-corrected chi connectivity index (χ4v) is 6.91. The number of ether oxygens (including phenoxy) is 1. The Bertz CT molecular complexity index is 1200. The summed E-state index contributed by atoms with van der Waals surface area (Å²) in [6, 6.07) is 2.22. The summed E-state index contributed by atoms with van der Waals surface area (Å²) in [5, 5.41) is 21.5. The van der Waals surface area contributed by atoms with Crippen molar-refractivity contribution in [2.45, 2.75) is 56.8 Å². The first-order chi connectivity index (χ1) is 15.7. The molecular formula is C21H28N6O4S2. The van der Waals surface area contributed by atoms with E-state index < -0.39 is 9.84 Å². The first kappa shape index (κ1) is 23.8. The van der Waals surface area contributed by atoms with Gasteiger partial charge in [-0.3, -0.25) is 4.79 Å². The molecule has 0 spiro atoms. The number of nitrogens with one attached hydrogen (secondary N) is 1. The minimum Gasteiger partial charge on any atom is -0.376 e. The molecule has 0 unspecified atom stereocenters. The number of nitrogens with zero attached hydrogens (tertiary/aromatic N) is 5. The Balaban J connectivity index is 1.44. The van der Waals surface area contributed by atoms with Gasteiger partial charge in [0.2, 0.25) is 5.91 Å². The maximum absolute atomic E-state index is 12.8. The third-order valence-corrected chi connectivity index (χ3v) is 9.20. The standard InChI is InChI=1S/C21H28N6O4S2/c1-13-14(2)27(10-16-5-4-7-31-16)20(17(13)9-22)23-18(28)11-32-21-25-24-19(26(21)3)15-6-8-33(29,30)12-15/h15-16H,4-8,10-12H2,1-3H3,(H,23,28)/t15-,16+/m1/s1. The molecule has 0 aliphatic carbocycles. The Morgan fingerprint density at radius 2 is 2.12 bits per heavy atom. The van der Waals surface area contributed by atoms with Crippen LogP contribution in [-0.2, 0) is 33.0 Å². The molecule has 33 heavy (non-hydrogen) atoms. The number of nitriles is 1. The number of thioether (sulfide) groups is 1. The summed E-state index contributed by atoms with van der Waals surface area (Å²) in [5.41, 5.74) is 2.25. The van der Waals surface area contributed by atoms with Crippen molar-refractivity contribution in [3.63, 3.8) is 0 Å². The normalized spacial score (nSPS) is 21.9. The lowest BCUT2D eigenvalue weighted by Crippen LogP contribution is -2.22. The average molecular weight is 493 g/mol. The van der Waals surface area contributed by atoms with E-state index in [1.807, 2.05) is 18.4 Å². The first-order valence-corrected chi connectivity index (χ1v) is 13.7. The second-order valence-electron chi connectivity index (χ2n) is 8.63. The quantitative estimate of drug-likeness (QED) is 0.580. The smallest absolute Gasteiger partial charge is 0.235 e. The van der Waals surface area contributed by atoms with Gasteiger partial charge < -0.3 is 19.2 Å². The summed E-state index contributed by atoms with van der Waals surface area (Å²) in [6.07, 6.45) is 2.58. The lowest BCUT2D eigenvalue weighted by Gasteiger charge is -2.16. The minimum atomic E-state index is -3.02. The van der Waals surface area contributed by atoms with Gasteiger partial charge in [-0.15, -0.1) is 10.2 Å². The summed E-state index contributed by atoms with van der Waals surface area (Å²) >= 11 is 1.23. The lowest BCUT2D eigenvalue weighted by atomic mass is 10.1. The van der Waals surface area contributed by atoms with Crippen molar-refractivity contribution in [2.24, 2.45) is 7.05 Å². The molecular weight excluding hydrogens is 464 g/mol. The van der Waals surface area contributed by atoms with E-state index in [-0.39, 0.29) is 35.2 Å². The van der Waals surface area contributed by atoms with Crippen molar-refractivity contribution in [1.82, 2.24) is 19.3 Å². The van der Waals surface area contributed by atoms with E-state index in [4.69, 9.17) is 4.74 Å². The van der Waals surface area contributed by atoms with Crippen LogP contribution in [0.4, 0.5) is 5.82 Å². The molecule has 0 radical (unpaired) electrons. The van der Waals surface area contributed by atoms with Gasteiger partial charge in [0.1, 0.15) is 17.7 Å². The van der Waals surface area contributed by atoms with Gasteiger partial charge in [0, 0.05) is 25.3 Å². The molecule has 2 aromatic rings. The molecule has 1 amide bonds. The van der Waals surface area contributed by atoms with Crippen LogP contribution in [0, 0.1) is 25.2 Å². The number of amides is 1. The maximum atomic E-state index is 12.8. The molecule has 2 fully saturated rings. The molecule has 0 bridgehead atoms. The Kier molecular flexibility index (Phi) is 6.83. The summed E-state index contributed by atoms with van der Waals surface area (Å²) < 4.78 is 33.1. The van der Waals surface area contributed by atoms with E-state index in [2.05, 4.69) is 21.6 Å². The van der Waals surface area contributed by atoms with Gasteiger partial charge in [0.25, 0.3) is 0 Å². The number of carbonyl (C=O) groups excluding carboxylic acids is 1. The van der Waals surface area contributed by atoms with Crippen LogP contribution in [0.3, 0.4) is 0 Å². The highest BCUT2D eigenvalue weighted by Crippen LogP contribution is 2.31. The van der Waals surface area contributed by atoms with E-state index in [9.17, 15) is 18.5 Å². The van der Waals surface area contributed by atoms with Crippen LogP contribution in [-0.4, -0.2) is 63.6 Å². The predicted molar refractivity (Wildman–Crippen MR) is 124 cm³/mol. The highest BCUT2D eigenvalue weighted by Gasteiger charge is 2.32. The molecule has 4 heterocycles. The third kappa shape index (κ3) is 4.95. The van der Waals surface area contributed by atoms with Gasteiger partial charge in [-0.2, -0.15) is 5.26 Å². The second kappa shape index (κ2) is 9.48. The van der Waals surface area contributed by atoms with Crippen LogP contribution in [0.5, 0.6) is 0 Å². The predicted octanol–water partition coefficient (Wildman–Crippen LogP) is 1.92. The van der Waals surface area contributed by atoms with Gasteiger partial charge >= 0.3 is 0 Å². The van der Waals surface area contributed by atoms with Gasteiger partial charge in [0.15, 0.2) is 15.0 Å². The highest BCUT2D eigenvalue weighted by molar-refractivity contribution is 7.99. The summed E-state index contributed by atoms with van der Waals surface area (Å²) in [4.78, 5) is 12.8. The summed E-state index contributed by atoms with van der Waals surface area (Å²) in [6.45, 7) is 5.16. The lowest BCUT2D eigenvalue weighted by molar-refractivity contribution is -0.113. The Morgan fingerprint density at radius 3 is 2.76 bits per heavy atom. The highest BCUT2D eigenvalue weighted by atomic mass is 32.2. The van der Waals surface area contributed by atoms with E-state index in [0.717, 1.165) is 30.7 Å². The van der Waals surface area contributed by atoms with Crippen molar-refractivity contribution in [1.29, 1.82) is 5.26 Å². The van der Waals surface area contributed by atoms with Crippen molar-refractivity contribution in [2.75, 3.05) is 29.2 Å². The number of hydrogen-bond donors (Lipinski definition) is 1. The van der Waals surface area contributed by atoms with E-state index >= 15 is 0 Å². The fourth-order valence-electron chi connectivity index (χ4n) is 4.45. The molecule has 2 atom stereocenters.